The molecule has 1 aromatic carbocycles. The van der Waals surface area contributed by atoms with Gasteiger partial charge in [0.2, 0.25) is 5.91 Å². The lowest BCUT2D eigenvalue weighted by Gasteiger charge is -2.32. The van der Waals surface area contributed by atoms with Gasteiger partial charge in [0.05, 0.1) is 11.7 Å². The number of amides is 1. The van der Waals surface area contributed by atoms with Crippen molar-refractivity contribution in [3.05, 3.63) is 46.9 Å². The van der Waals surface area contributed by atoms with Gasteiger partial charge in [0.15, 0.2) is 5.82 Å². The molecule has 3 aliphatic rings. The molecule has 170 valence electrons. The van der Waals surface area contributed by atoms with Gasteiger partial charge in [0, 0.05) is 70.9 Å². The van der Waals surface area contributed by atoms with E-state index in [4.69, 9.17) is 9.97 Å². The van der Waals surface area contributed by atoms with Gasteiger partial charge in [0.25, 0.3) is 0 Å². The van der Waals surface area contributed by atoms with Crippen LogP contribution in [0.15, 0.2) is 24.3 Å². The van der Waals surface area contributed by atoms with Crippen LogP contribution in [0.5, 0.6) is 0 Å². The normalized spacial score (nSPS) is 21.1. The molecular weight excluding hydrogens is 400 g/mol. The lowest BCUT2D eigenvalue weighted by Crippen LogP contribution is -2.34. The molecule has 3 aliphatic heterocycles. The molecule has 2 aromatic rings. The summed E-state index contributed by atoms with van der Waals surface area (Å²) >= 11 is 0. The molecule has 4 heterocycles. The summed E-state index contributed by atoms with van der Waals surface area (Å²) in [6, 6.07) is 8.87. The number of nitrogens with zero attached hydrogens (tertiary/aromatic N) is 5. The number of anilines is 2. The first-order chi connectivity index (χ1) is 15.6. The third-order valence-electron chi connectivity index (χ3n) is 7.18. The second kappa shape index (κ2) is 9.06. The summed E-state index contributed by atoms with van der Waals surface area (Å²) in [6.07, 6.45) is 5.46. The highest BCUT2D eigenvalue weighted by molar-refractivity contribution is 5.74. The van der Waals surface area contributed by atoms with Crippen molar-refractivity contribution in [1.82, 2.24) is 19.8 Å². The van der Waals surface area contributed by atoms with Crippen molar-refractivity contribution in [3.63, 3.8) is 0 Å². The molecule has 0 saturated carbocycles. The van der Waals surface area contributed by atoms with Crippen LogP contribution in [-0.2, 0) is 24.3 Å². The largest absolute Gasteiger partial charge is 0.373 e. The Kier molecular flexibility index (Phi) is 6.00. The van der Waals surface area contributed by atoms with E-state index in [0.29, 0.717) is 0 Å². The predicted octanol–water partition coefficient (Wildman–Crippen LogP) is 3.36. The Morgan fingerprint density at radius 1 is 1.09 bits per heavy atom. The molecule has 1 N–H and O–H groups in total. The zero-order valence-electron chi connectivity index (χ0n) is 19.3. The topological polar surface area (TPSA) is 64.6 Å². The SMILES string of the molecule is CNc1nc([C@@H]2CCCN2C(C)=O)nc2c1CN(Cc1ccccc1N1CCCC1)CC2. The van der Waals surface area contributed by atoms with E-state index in [0.717, 1.165) is 62.8 Å². The number of benzene rings is 1. The van der Waals surface area contributed by atoms with Gasteiger partial charge in [-0.05, 0) is 37.3 Å². The van der Waals surface area contributed by atoms with E-state index in [-0.39, 0.29) is 11.9 Å². The van der Waals surface area contributed by atoms with E-state index >= 15 is 0 Å². The van der Waals surface area contributed by atoms with Crippen LogP contribution in [0.1, 0.15) is 61.3 Å². The summed E-state index contributed by atoms with van der Waals surface area (Å²) in [6.45, 7) is 7.56. The van der Waals surface area contributed by atoms with Crippen molar-refractivity contribution in [1.29, 1.82) is 0 Å². The Bertz CT molecular complexity index is 969. The number of hydrogen-bond acceptors (Lipinski definition) is 6. The fourth-order valence-electron chi connectivity index (χ4n) is 5.54. The quantitative estimate of drug-likeness (QED) is 0.779. The van der Waals surface area contributed by atoms with E-state index in [9.17, 15) is 4.79 Å². The lowest BCUT2D eigenvalue weighted by atomic mass is 10.0. The van der Waals surface area contributed by atoms with Gasteiger partial charge in [-0.25, -0.2) is 9.97 Å². The fraction of sp³-hybridized carbons (Fsp3) is 0.560. The molecule has 1 amide bonds. The molecule has 7 nitrogen and oxygen atoms in total. The van der Waals surface area contributed by atoms with Crippen molar-refractivity contribution >= 4 is 17.4 Å². The smallest absolute Gasteiger partial charge is 0.220 e. The van der Waals surface area contributed by atoms with Crippen LogP contribution in [0, 0.1) is 0 Å². The molecule has 0 bridgehead atoms. The van der Waals surface area contributed by atoms with Crippen LogP contribution in [0.2, 0.25) is 0 Å². The first kappa shape index (κ1) is 21.2. The number of hydrogen-bond donors (Lipinski definition) is 1. The standard InChI is InChI=1S/C25H34N6O/c1-18(32)31-14-7-10-23(31)25-27-21-11-15-29(17-20(21)24(26-2)28-25)16-19-8-3-4-9-22(19)30-12-5-6-13-30/h3-4,8-9,23H,5-7,10-17H2,1-2H3,(H,26,27,28)/t23-/m0/s1. The van der Waals surface area contributed by atoms with Crippen LogP contribution in [0.25, 0.3) is 0 Å². The van der Waals surface area contributed by atoms with E-state index in [1.54, 1.807) is 6.92 Å². The molecule has 0 radical (unpaired) electrons. The number of para-hydroxylation sites is 1. The maximum atomic E-state index is 12.1. The molecule has 2 fully saturated rings. The van der Waals surface area contributed by atoms with Gasteiger partial charge < -0.3 is 15.1 Å². The third kappa shape index (κ3) is 4.06. The first-order valence-corrected chi connectivity index (χ1v) is 12.0. The highest BCUT2D eigenvalue weighted by Gasteiger charge is 2.32. The van der Waals surface area contributed by atoms with Crippen LogP contribution in [0.4, 0.5) is 11.5 Å². The number of carbonyl (C=O) groups excluding carboxylic acids is 1. The Balaban J connectivity index is 1.37. The molecule has 0 aliphatic carbocycles. The average Bonchev–Trinajstić information content (AvgIpc) is 3.51. The average molecular weight is 435 g/mol. The number of rotatable bonds is 5. The number of aromatic nitrogens is 2. The maximum Gasteiger partial charge on any atom is 0.220 e. The Morgan fingerprint density at radius 2 is 1.91 bits per heavy atom. The highest BCUT2D eigenvalue weighted by atomic mass is 16.2. The van der Waals surface area contributed by atoms with Gasteiger partial charge >= 0.3 is 0 Å². The van der Waals surface area contributed by atoms with Crippen LogP contribution < -0.4 is 10.2 Å². The molecule has 2 saturated heterocycles. The second-order valence-corrected chi connectivity index (χ2v) is 9.26. The lowest BCUT2D eigenvalue weighted by molar-refractivity contribution is -0.129. The van der Waals surface area contributed by atoms with Crippen molar-refractivity contribution in [2.45, 2.75) is 58.2 Å². The fourth-order valence-corrected chi connectivity index (χ4v) is 5.54. The zero-order valence-corrected chi connectivity index (χ0v) is 19.3. The van der Waals surface area contributed by atoms with Crippen LogP contribution in [0.3, 0.4) is 0 Å². The van der Waals surface area contributed by atoms with Crippen molar-refractivity contribution in [2.24, 2.45) is 0 Å². The maximum absolute atomic E-state index is 12.1. The number of nitrogens with one attached hydrogen (secondary N) is 1. The van der Waals surface area contributed by atoms with Gasteiger partial charge in [-0.1, -0.05) is 18.2 Å². The van der Waals surface area contributed by atoms with Gasteiger partial charge in [-0.15, -0.1) is 0 Å². The molecule has 32 heavy (non-hydrogen) atoms. The minimum absolute atomic E-state index is 0.00951. The molecule has 1 aromatic heterocycles. The van der Waals surface area contributed by atoms with E-state index in [1.807, 2.05) is 11.9 Å². The molecule has 7 heteroatoms. The van der Waals surface area contributed by atoms with Crippen molar-refractivity contribution in [3.8, 4) is 0 Å². The van der Waals surface area contributed by atoms with Gasteiger partial charge in [-0.3, -0.25) is 9.69 Å². The van der Waals surface area contributed by atoms with Gasteiger partial charge in [-0.2, -0.15) is 0 Å². The summed E-state index contributed by atoms with van der Waals surface area (Å²) in [5.74, 6) is 1.83. The van der Waals surface area contributed by atoms with E-state index in [2.05, 4.69) is 39.4 Å². The third-order valence-corrected chi connectivity index (χ3v) is 7.18. The van der Waals surface area contributed by atoms with Gasteiger partial charge in [0.1, 0.15) is 5.82 Å². The summed E-state index contributed by atoms with van der Waals surface area (Å²) < 4.78 is 0. The molecular formula is C25H34N6O. The zero-order chi connectivity index (χ0) is 22.1. The first-order valence-electron chi connectivity index (χ1n) is 12.0. The second-order valence-electron chi connectivity index (χ2n) is 9.26. The number of carbonyl (C=O) groups is 1. The van der Waals surface area contributed by atoms with E-state index in [1.165, 1.54) is 42.7 Å². The van der Waals surface area contributed by atoms with Crippen LogP contribution in [-0.4, -0.2) is 58.9 Å². The Hall–Kier alpha value is -2.67. The van der Waals surface area contributed by atoms with E-state index < -0.39 is 0 Å². The van der Waals surface area contributed by atoms with Crippen LogP contribution >= 0.6 is 0 Å². The minimum Gasteiger partial charge on any atom is -0.373 e. The molecule has 0 unspecified atom stereocenters. The molecule has 1 atom stereocenters. The summed E-state index contributed by atoms with van der Waals surface area (Å²) in [7, 11) is 1.94. The number of likely N-dealkylation sites (tertiary alicyclic amines) is 1. The summed E-state index contributed by atoms with van der Waals surface area (Å²) in [4.78, 5) is 28.9. The Morgan fingerprint density at radius 3 is 2.69 bits per heavy atom. The highest BCUT2D eigenvalue weighted by Crippen LogP contribution is 2.34. The molecule has 5 rings (SSSR count). The van der Waals surface area contributed by atoms with Crippen molar-refractivity contribution < 1.29 is 4.79 Å². The summed E-state index contributed by atoms with van der Waals surface area (Å²) in [5, 5.41) is 3.31. The van der Waals surface area contributed by atoms with Crippen molar-refractivity contribution in [2.75, 3.05) is 43.4 Å². The monoisotopic (exact) mass is 434 g/mol. The Labute approximate surface area is 190 Å². The minimum atomic E-state index is 0.00951. The summed E-state index contributed by atoms with van der Waals surface area (Å²) in [5.41, 5.74) is 5.14. The number of fused-ring (bicyclic) bond motifs is 1. The predicted molar refractivity (Wildman–Crippen MR) is 127 cm³/mol. The molecule has 0 spiro atoms.